The molecular formula is C12H22N2O2S3. The van der Waals surface area contributed by atoms with E-state index in [9.17, 15) is 8.42 Å². The van der Waals surface area contributed by atoms with Crippen LogP contribution in [-0.2, 0) is 16.6 Å². The first-order valence-electron chi connectivity index (χ1n) is 6.18. The summed E-state index contributed by atoms with van der Waals surface area (Å²) in [6, 6.07) is 0. The Kier molecular flexibility index (Phi) is 6.82. The van der Waals surface area contributed by atoms with Crippen LogP contribution in [0.1, 0.15) is 17.4 Å². The Morgan fingerprint density at radius 2 is 2.16 bits per heavy atom. The van der Waals surface area contributed by atoms with Gasteiger partial charge in [0.25, 0.3) is 0 Å². The van der Waals surface area contributed by atoms with E-state index in [-0.39, 0.29) is 0 Å². The molecule has 0 aliphatic rings. The molecule has 0 atom stereocenters. The monoisotopic (exact) mass is 322 g/mol. The lowest BCUT2D eigenvalue weighted by molar-refractivity contribution is 0.487. The number of nitrogens with one attached hydrogen (secondary N) is 1. The van der Waals surface area contributed by atoms with Gasteiger partial charge in [-0.05, 0) is 30.7 Å². The van der Waals surface area contributed by atoms with E-state index in [1.54, 1.807) is 18.8 Å². The molecule has 1 rings (SSSR count). The van der Waals surface area contributed by atoms with E-state index in [1.807, 2.05) is 25.5 Å². The van der Waals surface area contributed by atoms with Gasteiger partial charge in [0.2, 0.25) is 10.0 Å². The van der Waals surface area contributed by atoms with Gasteiger partial charge in [-0.1, -0.05) is 6.92 Å². The van der Waals surface area contributed by atoms with Crippen molar-refractivity contribution >= 4 is 33.1 Å². The number of thioether (sulfide) groups is 1. The summed E-state index contributed by atoms with van der Waals surface area (Å²) in [5.74, 6) is 0.807. The molecule has 1 aromatic rings. The molecule has 0 fully saturated rings. The predicted octanol–water partition coefficient (Wildman–Crippen LogP) is 2.15. The van der Waals surface area contributed by atoms with Crippen molar-refractivity contribution in [3.05, 3.63) is 15.8 Å². The Morgan fingerprint density at radius 3 is 2.74 bits per heavy atom. The standard InChI is InChI=1S/C12H22N2O2S3/c1-5-13-8-11-12(10(2)9-18-11)19(15,16)14(3)6-7-17-4/h9,13H,5-8H2,1-4H3. The molecule has 0 radical (unpaired) electrons. The second-order valence-electron chi connectivity index (χ2n) is 4.27. The van der Waals surface area contributed by atoms with Crippen LogP contribution in [0, 0.1) is 6.92 Å². The Hall–Kier alpha value is -0.0800. The van der Waals surface area contributed by atoms with Crippen LogP contribution >= 0.6 is 23.1 Å². The zero-order chi connectivity index (χ0) is 14.5. The predicted molar refractivity (Wildman–Crippen MR) is 84.6 cm³/mol. The van der Waals surface area contributed by atoms with Gasteiger partial charge in [0.15, 0.2) is 0 Å². The maximum Gasteiger partial charge on any atom is 0.244 e. The molecule has 19 heavy (non-hydrogen) atoms. The maximum atomic E-state index is 12.6. The molecule has 1 heterocycles. The summed E-state index contributed by atoms with van der Waals surface area (Å²) in [6.07, 6.45) is 1.98. The smallest absolute Gasteiger partial charge is 0.244 e. The molecule has 0 unspecified atom stereocenters. The number of thiophene rings is 1. The van der Waals surface area contributed by atoms with Crippen molar-refractivity contribution in [2.24, 2.45) is 0 Å². The minimum atomic E-state index is -3.37. The van der Waals surface area contributed by atoms with E-state index in [2.05, 4.69) is 5.32 Å². The van der Waals surface area contributed by atoms with Gasteiger partial charge in [0.1, 0.15) is 4.90 Å². The fourth-order valence-corrected chi connectivity index (χ4v) is 5.16. The highest BCUT2D eigenvalue weighted by molar-refractivity contribution is 7.98. The highest BCUT2D eigenvalue weighted by Crippen LogP contribution is 2.29. The van der Waals surface area contributed by atoms with Gasteiger partial charge in [0.05, 0.1) is 0 Å². The third-order valence-corrected chi connectivity index (χ3v) is 6.72. The van der Waals surface area contributed by atoms with Crippen LogP contribution in [0.5, 0.6) is 0 Å². The van der Waals surface area contributed by atoms with Gasteiger partial charge >= 0.3 is 0 Å². The van der Waals surface area contributed by atoms with Crippen molar-refractivity contribution in [1.29, 1.82) is 0 Å². The van der Waals surface area contributed by atoms with Gasteiger partial charge < -0.3 is 5.32 Å². The molecule has 1 aromatic heterocycles. The van der Waals surface area contributed by atoms with Crippen LogP contribution in [0.25, 0.3) is 0 Å². The largest absolute Gasteiger partial charge is 0.312 e. The molecule has 0 aromatic carbocycles. The summed E-state index contributed by atoms with van der Waals surface area (Å²) in [6.45, 7) is 5.86. The van der Waals surface area contributed by atoms with Gasteiger partial charge in [-0.3, -0.25) is 0 Å². The molecule has 4 nitrogen and oxygen atoms in total. The van der Waals surface area contributed by atoms with E-state index in [4.69, 9.17) is 0 Å². The molecule has 110 valence electrons. The van der Waals surface area contributed by atoms with Crippen LogP contribution in [0.15, 0.2) is 10.3 Å². The second-order valence-corrected chi connectivity index (χ2v) is 8.20. The lowest BCUT2D eigenvalue weighted by atomic mass is 10.3. The molecule has 0 saturated heterocycles. The van der Waals surface area contributed by atoms with Crippen molar-refractivity contribution in [2.45, 2.75) is 25.3 Å². The van der Waals surface area contributed by atoms with Crippen LogP contribution < -0.4 is 5.32 Å². The third-order valence-electron chi connectivity index (χ3n) is 2.80. The van der Waals surface area contributed by atoms with Crippen LogP contribution in [-0.4, -0.2) is 44.9 Å². The fraction of sp³-hybridized carbons (Fsp3) is 0.667. The molecule has 7 heteroatoms. The van der Waals surface area contributed by atoms with Gasteiger partial charge in [-0.15, -0.1) is 11.3 Å². The van der Waals surface area contributed by atoms with E-state index < -0.39 is 10.0 Å². The number of rotatable bonds is 8. The van der Waals surface area contributed by atoms with Crippen molar-refractivity contribution in [3.8, 4) is 0 Å². The number of hydrogen-bond donors (Lipinski definition) is 1. The Labute approximate surface area is 124 Å². The SMILES string of the molecule is CCNCc1scc(C)c1S(=O)(=O)N(C)CCSC. The van der Waals surface area contributed by atoms with Crippen molar-refractivity contribution in [1.82, 2.24) is 9.62 Å². The number of aryl methyl sites for hydroxylation is 1. The van der Waals surface area contributed by atoms with Gasteiger partial charge in [0, 0.05) is 30.8 Å². The van der Waals surface area contributed by atoms with Crippen LogP contribution in [0.4, 0.5) is 0 Å². The number of nitrogens with zero attached hydrogens (tertiary/aromatic N) is 1. The molecule has 0 amide bonds. The minimum absolute atomic E-state index is 0.488. The second kappa shape index (κ2) is 7.64. The van der Waals surface area contributed by atoms with Crippen LogP contribution in [0.2, 0.25) is 0 Å². The van der Waals surface area contributed by atoms with Crippen molar-refractivity contribution in [2.75, 3.05) is 32.1 Å². The summed E-state index contributed by atoms with van der Waals surface area (Å²) in [5, 5.41) is 5.11. The normalized spacial score (nSPS) is 12.3. The Bertz CT molecular complexity index is 497. The molecule has 0 saturated carbocycles. The highest BCUT2D eigenvalue weighted by atomic mass is 32.2. The Morgan fingerprint density at radius 1 is 1.47 bits per heavy atom. The lowest BCUT2D eigenvalue weighted by Crippen LogP contribution is -2.30. The van der Waals surface area contributed by atoms with Crippen molar-refractivity contribution in [3.63, 3.8) is 0 Å². The van der Waals surface area contributed by atoms with Crippen molar-refractivity contribution < 1.29 is 8.42 Å². The number of hydrogen-bond acceptors (Lipinski definition) is 5. The molecule has 0 spiro atoms. The highest BCUT2D eigenvalue weighted by Gasteiger charge is 2.26. The summed E-state index contributed by atoms with van der Waals surface area (Å²) >= 11 is 3.16. The van der Waals surface area contributed by atoms with Gasteiger partial charge in [-0.25, -0.2) is 12.7 Å². The first-order chi connectivity index (χ1) is 8.95. The first kappa shape index (κ1) is 17.0. The summed E-state index contributed by atoms with van der Waals surface area (Å²) in [4.78, 5) is 1.39. The molecule has 0 bridgehead atoms. The van der Waals surface area contributed by atoms with Crippen LogP contribution in [0.3, 0.4) is 0 Å². The third kappa shape index (κ3) is 4.19. The van der Waals surface area contributed by atoms with E-state index in [1.165, 1.54) is 15.6 Å². The molecule has 1 N–H and O–H groups in total. The zero-order valence-corrected chi connectivity index (χ0v) is 14.3. The zero-order valence-electron chi connectivity index (χ0n) is 11.9. The van der Waals surface area contributed by atoms with E-state index in [0.717, 1.165) is 22.7 Å². The fourth-order valence-electron chi connectivity index (χ4n) is 1.69. The number of sulfonamides is 1. The summed E-state index contributed by atoms with van der Waals surface area (Å²) in [5.41, 5.74) is 0.842. The topological polar surface area (TPSA) is 49.4 Å². The first-order valence-corrected chi connectivity index (χ1v) is 9.89. The summed E-state index contributed by atoms with van der Waals surface area (Å²) in [7, 11) is -1.72. The quantitative estimate of drug-likeness (QED) is 0.797. The average molecular weight is 323 g/mol. The van der Waals surface area contributed by atoms with Gasteiger partial charge in [-0.2, -0.15) is 11.8 Å². The molecular weight excluding hydrogens is 300 g/mol. The maximum absolute atomic E-state index is 12.6. The van der Waals surface area contributed by atoms with E-state index in [0.29, 0.717) is 18.0 Å². The lowest BCUT2D eigenvalue weighted by Gasteiger charge is -2.18. The Balaban J connectivity index is 3.02. The minimum Gasteiger partial charge on any atom is -0.312 e. The molecule has 0 aliphatic heterocycles. The molecule has 0 aliphatic carbocycles. The van der Waals surface area contributed by atoms with E-state index >= 15 is 0 Å². The average Bonchev–Trinajstić information content (AvgIpc) is 2.75. The summed E-state index contributed by atoms with van der Waals surface area (Å²) < 4.78 is 26.7.